The van der Waals surface area contributed by atoms with Crippen molar-refractivity contribution in [2.24, 2.45) is 0 Å². The van der Waals surface area contributed by atoms with E-state index in [1.165, 1.54) is 10.6 Å². The molecule has 32 heavy (non-hydrogen) atoms. The Balaban J connectivity index is 2.26. The van der Waals surface area contributed by atoms with Gasteiger partial charge < -0.3 is 0 Å². The summed E-state index contributed by atoms with van der Waals surface area (Å²) in [6.07, 6.45) is 4.58. The highest BCUT2D eigenvalue weighted by molar-refractivity contribution is 6.09. The number of H-pyrrole nitrogens is 1. The minimum absolute atomic E-state index is 0.0732. The van der Waals surface area contributed by atoms with Gasteiger partial charge in [-0.05, 0) is 66.8 Å². The molecule has 0 aliphatic carbocycles. The average molecular weight is 428 g/mol. The standard InChI is InChI=1S/C25H24N4O3/c1-15(2)21-22(23(30)20-11-16(3)10-18(13-20)6-5-8-26)29(25(32)28-24(21)31)14-19-7-9-27-17(4)12-19/h5-7,9-13,15H,14H2,1-4H3,(H,28,31,32). The van der Waals surface area contributed by atoms with Gasteiger partial charge in [0.05, 0.1) is 12.6 Å². The molecule has 0 atom stereocenters. The molecule has 0 aliphatic heterocycles. The topological polar surface area (TPSA) is 109 Å². The fourth-order valence-electron chi connectivity index (χ4n) is 3.71. The molecule has 7 nitrogen and oxygen atoms in total. The molecular formula is C25H24N4O3. The number of hydrogen-bond donors (Lipinski definition) is 1. The van der Waals surface area contributed by atoms with Crippen LogP contribution in [-0.4, -0.2) is 20.3 Å². The fourth-order valence-corrected chi connectivity index (χ4v) is 3.71. The van der Waals surface area contributed by atoms with Crippen molar-refractivity contribution in [2.75, 3.05) is 0 Å². The Bertz CT molecular complexity index is 1370. The van der Waals surface area contributed by atoms with Gasteiger partial charge in [0.2, 0.25) is 5.78 Å². The lowest BCUT2D eigenvalue weighted by Crippen LogP contribution is -2.38. The number of nitriles is 1. The number of aryl methyl sites for hydroxylation is 2. The Labute approximate surface area is 185 Å². The fraction of sp³-hybridized carbons (Fsp3) is 0.240. The van der Waals surface area contributed by atoms with Crippen LogP contribution in [0.5, 0.6) is 0 Å². The van der Waals surface area contributed by atoms with Crippen molar-refractivity contribution in [3.05, 3.63) is 103 Å². The zero-order chi connectivity index (χ0) is 23.4. The Kier molecular flexibility index (Phi) is 6.64. The van der Waals surface area contributed by atoms with Crippen molar-refractivity contribution in [1.82, 2.24) is 14.5 Å². The van der Waals surface area contributed by atoms with Crippen LogP contribution in [0.25, 0.3) is 6.08 Å². The van der Waals surface area contributed by atoms with Gasteiger partial charge in [0.25, 0.3) is 5.56 Å². The van der Waals surface area contributed by atoms with Crippen molar-refractivity contribution in [2.45, 2.75) is 40.2 Å². The third-order valence-corrected chi connectivity index (χ3v) is 5.04. The lowest BCUT2D eigenvalue weighted by molar-refractivity contribution is 0.102. The molecule has 0 fully saturated rings. The number of aromatic nitrogens is 3. The predicted octanol–water partition coefficient (Wildman–Crippen LogP) is 3.49. The summed E-state index contributed by atoms with van der Waals surface area (Å²) in [6, 6.07) is 10.7. The van der Waals surface area contributed by atoms with E-state index in [9.17, 15) is 14.4 Å². The second kappa shape index (κ2) is 9.40. The van der Waals surface area contributed by atoms with Crippen LogP contribution in [-0.2, 0) is 6.54 Å². The summed E-state index contributed by atoms with van der Waals surface area (Å²) in [5.74, 6) is -0.704. The van der Waals surface area contributed by atoms with Gasteiger partial charge in [0.15, 0.2) is 0 Å². The molecular weight excluding hydrogens is 404 g/mol. The summed E-state index contributed by atoms with van der Waals surface area (Å²) in [6.45, 7) is 7.42. The van der Waals surface area contributed by atoms with Crippen molar-refractivity contribution in [3.8, 4) is 6.07 Å². The SMILES string of the molecule is Cc1cc(C=CC#N)cc(C(=O)c2c(C(C)C)c(=O)[nH]c(=O)n2Cc2ccnc(C)c2)c1. The van der Waals surface area contributed by atoms with Gasteiger partial charge in [-0.3, -0.25) is 24.1 Å². The maximum atomic E-state index is 13.7. The van der Waals surface area contributed by atoms with E-state index in [-0.39, 0.29) is 23.7 Å². The van der Waals surface area contributed by atoms with Crippen molar-refractivity contribution in [3.63, 3.8) is 0 Å². The maximum Gasteiger partial charge on any atom is 0.329 e. The summed E-state index contributed by atoms with van der Waals surface area (Å²) in [4.78, 5) is 45.8. The van der Waals surface area contributed by atoms with E-state index in [0.717, 1.165) is 16.8 Å². The molecule has 162 valence electrons. The highest BCUT2D eigenvalue weighted by atomic mass is 16.2. The first-order valence-electron chi connectivity index (χ1n) is 10.2. The molecule has 0 spiro atoms. The Hall–Kier alpha value is -4.05. The number of benzene rings is 1. The number of allylic oxidation sites excluding steroid dienone is 1. The van der Waals surface area contributed by atoms with E-state index in [2.05, 4.69) is 9.97 Å². The van der Waals surface area contributed by atoms with Crippen LogP contribution in [0.1, 0.15) is 63.8 Å². The number of hydrogen-bond acceptors (Lipinski definition) is 5. The number of carbonyl (C=O) groups excluding carboxylic acids is 1. The molecule has 0 amide bonds. The molecule has 1 N–H and O–H groups in total. The number of nitrogens with one attached hydrogen (secondary N) is 1. The van der Waals surface area contributed by atoms with E-state index < -0.39 is 17.0 Å². The molecule has 0 saturated carbocycles. The zero-order valence-corrected chi connectivity index (χ0v) is 18.5. The predicted molar refractivity (Wildman–Crippen MR) is 123 cm³/mol. The summed E-state index contributed by atoms with van der Waals surface area (Å²) in [5, 5.41) is 8.82. The van der Waals surface area contributed by atoms with Gasteiger partial charge in [-0.2, -0.15) is 5.26 Å². The third-order valence-electron chi connectivity index (χ3n) is 5.04. The largest absolute Gasteiger partial charge is 0.329 e. The number of pyridine rings is 1. The van der Waals surface area contributed by atoms with Gasteiger partial charge in [-0.15, -0.1) is 0 Å². The molecule has 2 aromatic heterocycles. The van der Waals surface area contributed by atoms with E-state index in [1.54, 1.807) is 30.5 Å². The lowest BCUT2D eigenvalue weighted by atomic mass is 9.95. The van der Waals surface area contributed by atoms with Gasteiger partial charge in [-0.25, -0.2) is 4.79 Å². The van der Waals surface area contributed by atoms with Gasteiger partial charge in [0, 0.05) is 29.1 Å². The first-order chi connectivity index (χ1) is 15.2. The number of rotatable bonds is 6. The van der Waals surface area contributed by atoms with E-state index >= 15 is 0 Å². The monoisotopic (exact) mass is 428 g/mol. The molecule has 0 radical (unpaired) electrons. The average Bonchev–Trinajstić information content (AvgIpc) is 2.72. The molecule has 0 aliphatic rings. The summed E-state index contributed by atoms with van der Waals surface area (Å²) < 4.78 is 1.32. The van der Waals surface area contributed by atoms with E-state index in [0.29, 0.717) is 11.1 Å². The summed E-state index contributed by atoms with van der Waals surface area (Å²) in [7, 11) is 0. The van der Waals surface area contributed by atoms with Crippen LogP contribution in [0.2, 0.25) is 0 Å². The van der Waals surface area contributed by atoms with Crippen LogP contribution >= 0.6 is 0 Å². The van der Waals surface area contributed by atoms with Crippen molar-refractivity contribution in [1.29, 1.82) is 5.26 Å². The summed E-state index contributed by atoms with van der Waals surface area (Å²) >= 11 is 0. The number of ketones is 1. The maximum absolute atomic E-state index is 13.7. The normalized spacial score (nSPS) is 11.1. The van der Waals surface area contributed by atoms with Crippen LogP contribution in [0.3, 0.4) is 0 Å². The molecule has 0 bridgehead atoms. The van der Waals surface area contributed by atoms with Crippen LogP contribution in [0.4, 0.5) is 0 Å². The van der Waals surface area contributed by atoms with Gasteiger partial charge in [-0.1, -0.05) is 19.9 Å². The molecule has 7 heteroatoms. The van der Waals surface area contributed by atoms with E-state index in [4.69, 9.17) is 5.26 Å². The van der Waals surface area contributed by atoms with Crippen molar-refractivity contribution < 1.29 is 4.79 Å². The number of nitrogens with zero attached hydrogens (tertiary/aromatic N) is 3. The molecule has 1 aromatic carbocycles. The third kappa shape index (κ3) is 4.81. The first kappa shape index (κ1) is 22.6. The minimum atomic E-state index is -0.644. The highest BCUT2D eigenvalue weighted by Gasteiger charge is 2.25. The molecule has 0 saturated heterocycles. The number of carbonyl (C=O) groups is 1. The first-order valence-corrected chi connectivity index (χ1v) is 10.2. The van der Waals surface area contributed by atoms with Crippen molar-refractivity contribution >= 4 is 11.9 Å². The highest BCUT2D eigenvalue weighted by Crippen LogP contribution is 2.21. The quantitative estimate of drug-likeness (QED) is 0.478. The molecule has 2 heterocycles. The van der Waals surface area contributed by atoms with Crippen LogP contribution in [0, 0.1) is 25.2 Å². The van der Waals surface area contributed by atoms with Gasteiger partial charge >= 0.3 is 5.69 Å². The molecule has 0 unspecified atom stereocenters. The molecule has 3 rings (SSSR count). The minimum Gasteiger partial charge on any atom is -0.287 e. The Morgan fingerprint density at radius 2 is 1.97 bits per heavy atom. The Morgan fingerprint density at radius 3 is 2.62 bits per heavy atom. The lowest BCUT2D eigenvalue weighted by Gasteiger charge is -2.18. The van der Waals surface area contributed by atoms with Gasteiger partial charge in [0.1, 0.15) is 5.69 Å². The number of aromatic amines is 1. The summed E-state index contributed by atoms with van der Waals surface area (Å²) in [5.41, 5.74) is 2.55. The van der Waals surface area contributed by atoms with Crippen LogP contribution in [0.15, 0.2) is 52.2 Å². The van der Waals surface area contributed by atoms with E-state index in [1.807, 2.05) is 45.9 Å². The molecule has 3 aromatic rings. The smallest absolute Gasteiger partial charge is 0.287 e. The zero-order valence-electron chi connectivity index (χ0n) is 18.5. The second-order valence-electron chi connectivity index (χ2n) is 7.99. The second-order valence-corrected chi connectivity index (χ2v) is 7.99. The Morgan fingerprint density at radius 1 is 1.22 bits per heavy atom. The van der Waals surface area contributed by atoms with Crippen LogP contribution < -0.4 is 11.2 Å².